The van der Waals surface area contributed by atoms with Crippen LogP contribution in [-0.2, 0) is 10.0 Å². The summed E-state index contributed by atoms with van der Waals surface area (Å²) in [6.07, 6.45) is 4.70. The summed E-state index contributed by atoms with van der Waals surface area (Å²) in [5.41, 5.74) is 2.50. The molecule has 0 saturated carbocycles. The van der Waals surface area contributed by atoms with Crippen molar-refractivity contribution in [3.05, 3.63) is 59.2 Å². The molecule has 0 aromatic heterocycles. The van der Waals surface area contributed by atoms with Crippen molar-refractivity contribution >= 4 is 21.6 Å². The molecule has 2 aromatic carbocycles. The van der Waals surface area contributed by atoms with Crippen LogP contribution in [0.2, 0.25) is 0 Å². The van der Waals surface area contributed by atoms with Gasteiger partial charge in [-0.2, -0.15) is 0 Å². The molecule has 7 heteroatoms. The lowest BCUT2D eigenvalue weighted by Crippen LogP contribution is -2.45. The van der Waals surface area contributed by atoms with Crippen LogP contribution >= 0.6 is 0 Å². The topological polar surface area (TPSA) is 69.7 Å². The highest BCUT2D eigenvalue weighted by molar-refractivity contribution is 7.92. The van der Waals surface area contributed by atoms with Gasteiger partial charge in [-0.25, -0.2) is 8.42 Å². The van der Waals surface area contributed by atoms with E-state index in [0.29, 0.717) is 22.7 Å². The highest BCUT2D eigenvalue weighted by atomic mass is 32.2. The minimum absolute atomic E-state index is 0.0234. The average Bonchev–Trinajstić information content (AvgIpc) is 2.81. The molecule has 0 spiro atoms. The molecule has 2 saturated heterocycles. The first kappa shape index (κ1) is 24.7. The number of carbonyl (C=O) groups excluding carboxylic acids is 1. The Labute approximate surface area is 204 Å². The van der Waals surface area contributed by atoms with Crippen molar-refractivity contribution in [3.8, 4) is 0 Å². The van der Waals surface area contributed by atoms with Gasteiger partial charge in [-0.1, -0.05) is 25.1 Å². The first-order chi connectivity index (χ1) is 16.2. The molecule has 184 valence electrons. The molecule has 1 atom stereocenters. The van der Waals surface area contributed by atoms with Crippen LogP contribution < -0.4 is 4.72 Å². The summed E-state index contributed by atoms with van der Waals surface area (Å²) in [5, 5.41) is 0. The van der Waals surface area contributed by atoms with Crippen molar-refractivity contribution in [1.29, 1.82) is 0 Å². The Kier molecular flexibility index (Phi) is 7.63. The van der Waals surface area contributed by atoms with E-state index < -0.39 is 10.0 Å². The summed E-state index contributed by atoms with van der Waals surface area (Å²) >= 11 is 0. The number of rotatable bonds is 6. The molecule has 2 aliphatic heterocycles. The third-order valence-corrected chi connectivity index (χ3v) is 8.72. The quantitative estimate of drug-likeness (QED) is 0.647. The molecule has 2 aliphatic rings. The Morgan fingerprint density at radius 2 is 1.79 bits per heavy atom. The van der Waals surface area contributed by atoms with Crippen LogP contribution in [0.1, 0.15) is 54.1 Å². The van der Waals surface area contributed by atoms with Crippen molar-refractivity contribution in [1.82, 2.24) is 9.80 Å². The number of aryl methyl sites for hydroxylation is 2. The van der Waals surface area contributed by atoms with Crippen LogP contribution in [0.5, 0.6) is 0 Å². The molecule has 1 amide bonds. The zero-order chi connectivity index (χ0) is 24.3. The normalized spacial score (nSPS) is 20.3. The van der Waals surface area contributed by atoms with E-state index in [-0.39, 0.29) is 10.8 Å². The average molecular weight is 484 g/mol. The Balaban J connectivity index is 1.42. The number of hydrogen-bond donors (Lipinski definition) is 1. The van der Waals surface area contributed by atoms with Gasteiger partial charge in [-0.05, 0) is 99.8 Å². The maximum atomic E-state index is 13.3. The molecule has 1 N–H and O–H groups in total. The molecule has 0 radical (unpaired) electrons. The number of likely N-dealkylation sites (tertiary alicyclic amines) is 2. The largest absolute Gasteiger partial charge is 0.338 e. The molecular weight excluding hydrogens is 446 g/mol. The number of nitrogens with zero attached hydrogens (tertiary/aromatic N) is 2. The van der Waals surface area contributed by atoms with Gasteiger partial charge in [-0.3, -0.25) is 9.52 Å². The van der Waals surface area contributed by atoms with Crippen molar-refractivity contribution in [2.45, 2.75) is 51.3 Å². The smallest absolute Gasteiger partial charge is 0.262 e. The summed E-state index contributed by atoms with van der Waals surface area (Å²) in [7, 11) is -3.74. The van der Waals surface area contributed by atoms with Crippen LogP contribution in [0.3, 0.4) is 0 Å². The Morgan fingerprint density at radius 1 is 1.03 bits per heavy atom. The van der Waals surface area contributed by atoms with Crippen LogP contribution in [0.4, 0.5) is 5.69 Å². The maximum Gasteiger partial charge on any atom is 0.262 e. The number of sulfonamides is 1. The Bertz CT molecular complexity index is 1120. The van der Waals surface area contributed by atoms with E-state index in [0.717, 1.165) is 57.0 Å². The molecule has 6 nitrogen and oxygen atoms in total. The van der Waals surface area contributed by atoms with Gasteiger partial charge in [0.2, 0.25) is 0 Å². The number of piperidine rings is 2. The molecule has 1 unspecified atom stereocenters. The van der Waals surface area contributed by atoms with E-state index in [9.17, 15) is 13.2 Å². The summed E-state index contributed by atoms with van der Waals surface area (Å²) in [4.78, 5) is 18.1. The Morgan fingerprint density at radius 3 is 2.56 bits per heavy atom. The molecule has 2 heterocycles. The molecule has 2 fully saturated rings. The summed E-state index contributed by atoms with van der Waals surface area (Å²) in [5.74, 6) is 1.29. The number of carbonyl (C=O) groups is 1. The lowest BCUT2D eigenvalue weighted by molar-refractivity contribution is 0.0622. The fourth-order valence-electron chi connectivity index (χ4n) is 5.11. The zero-order valence-electron chi connectivity index (χ0n) is 20.6. The lowest BCUT2D eigenvalue weighted by Gasteiger charge is -2.38. The number of benzene rings is 2. The van der Waals surface area contributed by atoms with Crippen LogP contribution in [0.15, 0.2) is 47.4 Å². The standard InChI is InChI=1S/C27H37N3O3S/c1-20-11-14-29(15-12-20)18-23-6-5-13-30(19-23)27(31)24-7-4-8-25(17-24)28-34(32,33)26-16-21(2)9-10-22(26)3/h4,7-10,16-17,20,23,28H,5-6,11-15,18-19H2,1-3H3. The van der Waals surface area contributed by atoms with Gasteiger partial charge in [0.1, 0.15) is 0 Å². The SMILES string of the molecule is Cc1ccc(C)c(S(=O)(=O)Nc2cccc(C(=O)N3CCCC(CN4CCC(C)CC4)C3)c2)c1. The monoisotopic (exact) mass is 483 g/mol. The van der Waals surface area contributed by atoms with Crippen LogP contribution in [0, 0.1) is 25.7 Å². The fraction of sp³-hybridized carbons (Fsp3) is 0.519. The van der Waals surface area contributed by atoms with Gasteiger partial charge in [0.25, 0.3) is 15.9 Å². The van der Waals surface area contributed by atoms with Crippen LogP contribution in [0.25, 0.3) is 0 Å². The van der Waals surface area contributed by atoms with Gasteiger partial charge in [-0.15, -0.1) is 0 Å². The number of amides is 1. The van der Waals surface area contributed by atoms with E-state index in [4.69, 9.17) is 0 Å². The van der Waals surface area contributed by atoms with Crippen molar-refractivity contribution < 1.29 is 13.2 Å². The predicted molar refractivity (Wildman–Crippen MR) is 137 cm³/mol. The molecule has 34 heavy (non-hydrogen) atoms. The minimum Gasteiger partial charge on any atom is -0.338 e. The molecule has 4 rings (SSSR count). The Hall–Kier alpha value is -2.38. The third kappa shape index (κ3) is 5.99. The lowest BCUT2D eigenvalue weighted by atomic mass is 9.94. The van der Waals surface area contributed by atoms with E-state index in [2.05, 4.69) is 16.5 Å². The first-order valence-corrected chi connectivity index (χ1v) is 13.9. The van der Waals surface area contributed by atoms with Gasteiger partial charge in [0.15, 0.2) is 0 Å². The number of hydrogen-bond acceptors (Lipinski definition) is 4. The van der Waals surface area contributed by atoms with E-state index in [1.165, 1.54) is 12.8 Å². The summed E-state index contributed by atoms with van der Waals surface area (Å²) in [6.45, 7) is 10.9. The number of anilines is 1. The van der Waals surface area contributed by atoms with Gasteiger partial charge in [0, 0.05) is 30.9 Å². The summed E-state index contributed by atoms with van der Waals surface area (Å²) < 4.78 is 28.7. The maximum absolute atomic E-state index is 13.3. The molecule has 0 aliphatic carbocycles. The minimum atomic E-state index is -3.74. The molecular formula is C27H37N3O3S. The van der Waals surface area contributed by atoms with Crippen molar-refractivity contribution in [3.63, 3.8) is 0 Å². The highest BCUT2D eigenvalue weighted by Gasteiger charge is 2.27. The van der Waals surface area contributed by atoms with E-state index in [1.807, 2.05) is 17.9 Å². The first-order valence-electron chi connectivity index (χ1n) is 12.4. The van der Waals surface area contributed by atoms with Crippen molar-refractivity contribution in [2.75, 3.05) is 37.4 Å². The second-order valence-electron chi connectivity index (χ2n) is 10.2. The van der Waals surface area contributed by atoms with Crippen molar-refractivity contribution in [2.24, 2.45) is 11.8 Å². The van der Waals surface area contributed by atoms with Gasteiger partial charge in [0.05, 0.1) is 4.90 Å². The number of nitrogens with one attached hydrogen (secondary N) is 1. The van der Waals surface area contributed by atoms with E-state index >= 15 is 0 Å². The van der Waals surface area contributed by atoms with Crippen LogP contribution in [-0.4, -0.2) is 56.8 Å². The zero-order valence-corrected chi connectivity index (χ0v) is 21.4. The second kappa shape index (κ2) is 10.5. The van der Waals surface area contributed by atoms with Gasteiger partial charge >= 0.3 is 0 Å². The fourth-order valence-corrected chi connectivity index (χ4v) is 6.49. The predicted octanol–water partition coefficient (Wildman–Crippen LogP) is 4.69. The highest BCUT2D eigenvalue weighted by Crippen LogP contribution is 2.25. The third-order valence-electron chi connectivity index (χ3n) is 7.19. The molecule has 2 aromatic rings. The molecule has 0 bridgehead atoms. The second-order valence-corrected chi connectivity index (χ2v) is 11.8. The summed E-state index contributed by atoms with van der Waals surface area (Å²) in [6, 6.07) is 12.2. The van der Waals surface area contributed by atoms with Gasteiger partial charge < -0.3 is 9.80 Å². The van der Waals surface area contributed by atoms with E-state index in [1.54, 1.807) is 43.3 Å².